The van der Waals surface area contributed by atoms with Gasteiger partial charge in [-0.05, 0) is 31.9 Å². The van der Waals surface area contributed by atoms with E-state index in [1.54, 1.807) is 6.26 Å². The van der Waals surface area contributed by atoms with E-state index in [2.05, 4.69) is 36.2 Å². The molecule has 20 heavy (non-hydrogen) atoms. The normalized spacial score (nSPS) is 13.1. The molecule has 0 amide bonds. The Balaban J connectivity index is 2.06. The Bertz CT molecular complexity index is 531. The SMILES string of the molecule is CCNC(Cc1nc(-c2ccoc2C)no1)CC(C)C. The summed E-state index contributed by atoms with van der Waals surface area (Å²) in [6, 6.07) is 2.23. The summed E-state index contributed by atoms with van der Waals surface area (Å²) >= 11 is 0. The van der Waals surface area contributed by atoms with Crippen molar-refractivity contribution in [1.82, 2.24) is 15.5 Å². The van der Waals surface area contributed by atoms with Gasteiger partial charge >= 0.3 is 0 Å². The van der Waals surface area contributed by atoms with E-state index in [1.165, 1.54) is 0 Å². The molecule has 1 N–H and O–H groups in total. The Morgan fingerprint density at radius 3 is 2.75 bits per heavy atom. The number of nitrogens with zero attached hydrogens (tertiary/aromatic N) is 2. The Morgan fingerprint density at radius 1 is 1.35 bits per heavy atom. The number of furan rings is 1. The smallest absolute Gasteiger partial charge is 0.228 e. The topological polar surface area (TPSA) is 64.1 Å². The lowest BCUT2D eigenvalue weighted by atomic mass is 10.0. The molecular weight excluding hydrogens is 254 g/mol. The van der Waals surface area contributed by atoms with Gasteiger partial charge in [-0.25, -0.2) is 0 Å². The Labute approximate surface area is 119 Å². The van der Waals surface area contributed by atoms with Crippen molar-refractivity contribution in [2.45, 2.75) is 46.6 Å². The van der Waals surface area contributed by atoms with Crippen LogP contribution in [0, 0.1) is 12.8 Å². The van der Waals surface area contributed by atoms with Crippen LogP contribution >= 0.6 is 0 Å². The van der Waals surface area contributed by atoms with E-state index in [1.807, 2.05) is 13.0 Å². The van der Waals surface area contributed by atoms with Gasteiger partial charge in [0.25, 0.3) is 0 Å². The molecule has 2 aromatic rings. The van der Waals surface area contributed by atoms with Crippen molar-refractivity contribution in [2.24, 2.45) is 5.92 Å². The molecule has 0 fully saturated rings. The van der Waals surface area contributed by atoms with Crippen LogP contribution in [0.1, 0.15) is 38.8 Å². The summed E-state index contributed by atoms with van der Waals surface area (Å²) in [5.41, 5.74) is 0.892. The summed E-state index contributed by atoms with van der Waals surface area (Å²) in [7, 11) is 0. The van der Waals surface area contributed by atoms with E-state index in [9.17, 15) is 0 Å². The van der Waals surface area contributed by atoms with Crippen LogP contribution in [0.15, 0.2) is 21.3 Å². The maximum atomic E-state index is 5.36. The standard InChI is InChI=1S/C15H23N3O2/c1-5-16-12(8-10(2)3)9-14-17-15(18-20-14)13-6-7-19-11(13)4/h6-7,10,12,16H,5,8-9H2,1-4H3. The number of nitrogens with one attached hydrogen (secondary N) is 1. The molecule has 0 saturated heterocycles. The molecule has 2 rings (SSSR count). The number of likely N-dealkylation sites (N-methyl/N-ethyl adjacent to an activating group) is 1. The van der Waals surface area contributed by atoms with Crippen molar-refractivity contribution in [3.8, 4) is 11.4 Å². The van der Waals surface area contributed by atoms with Crippen LogP contribution in [-0.2, 0) is 6.42 Å². The summed E-state index contributed by atoms with van der Waals surface area (Å²) in [5.74, 6) is 2.72. The van der Waals surface area contributed by atoms with Gasteiger partial charge in [0.05, 0.1) is 11.8 Å². The molecule has 1 unspecified atom stereocenters. The molecule has 0 saturated carbocycles. The molecule has 0 aromatic carbocycles. The third-order valence-electron chi connectivity index (χ3n) is 3.24. The third-order valence-corrected chi connectivity index (χ3v) is 3.24. The Kier molecular flexibility index (Phi) is 4.95. The largest absolute Gasteiger partial charge is 0.469 e. The monoisotopic (exact) mass is 277 g/mol. The molecule has 0 bridgehead atoms. The van der Waals surface area contributed by atoms with Crippen LogP contribution in [0.5, 0.6) is 0 Å². The van der Waals surface area contributed by atoms with Gasteiger partial charge < -0.3 is 14.3 Å². The zero-order valence-corrected chi connectivity index (χ0v) is 12.6. The lowest BCUT2D eigenvalue weighted by Crippen LogP contribution is -2.32. The van der Waals surface area contributed by atoms with Gasteiger partial charge in [0.2, 0.25) is 11.7 Å². The second kappa shape index (κ2) is 6.70. The van der Waals surface area contributed by atoms with Gasteiger partial charge in [0, 0.05) is 12.5 Å². The van der Waals surface area contributed by atoms with Gasteiger partial charge in [-0.1, -0.05) is 25.9 Å². The van der Waals surface area contributed by atoms with E-state index in [-0.39, 0.29) is 0 Å². The number of aromatic nitrogens is 2. The average Bonchev–Trinajstić information content (AvgIpc) is 2.97. The van der Waals surface area contributed by atoms with Crippen molar-refractivity contribution in [1.29, 1.82) is 0 Å². The van der Waals surface area contributed by atoms with Crippen molar-refractivity contribution < 1.29 is 8.94 Å². The van der Waals surface area contributed by atoms with Gasteiger partial charge in [0.15, 0.2) is 0 Å². The fourth-order valence-electron chi connectivity index (χ4n) is 2.37. The quantitative estimate of drug-likeness (QED) is 0.842. The van der Waals surface area contributed by atoms with Crippen LogP contribution in [0.25, 0.3) is 11.4 Å². The molecule has 0 radical (unpaired) electrons. The number of hydrogen-bond acceptors (Lipinski definition) is 5. The molecule has 0 aliphatic carbocycles. The predicted octanol–water partition coefficient (Wildman–Crippen LogP) is 3.20. The molecule has 2 aromatic heterocycles. The maximum Gasteiger partial charge on any atom is 0.228 e. The number of rotatable bonds is 7. The molecule has 0 spiro atoms. The minimum Gasteiger partial charge on any atom is -0.469 e. The van der Waals surface area contributed by atoms with E-state index in [0.717, 1.165) is 30.7 Å². The highest BCUT2D eigenvalue weighted by Crippen LogP contribution is 2.21. The zero-order valence-electron chi connectivity index (χ0n) is 12.6. The minimum absolute atomic E-state index is 0.374. The first-order valence-electron chi connectivity index (χ1n) is 7.20. The summed E-state index contributed by atoms with van der Waals surface area (Å²) in [6.45, 7) is 9.39. The van der Waals surface area contributed by atoms with Crippen molar-refractivity contribution in [3.05, 3.63) is 24.0 Å². The lowest BCUT2D eigenvalue weighted by molar-refractivity contribution is 0.340. The second-order valence-corrected chi connectivity index (χ2v) is 5.49. The summed E-state index contributed by atoms with van der Waals surface area (Å²) in [6.07, 6.45) is 3.49. The van der Waals surface area contributed by atoms with Crippen molar-refractivity contribution in [2.75, 3.05) is 6.54 Å². The van der Waals surface area contributed by atoms with Crippen LogP contribution in [0.2, 0.25) is 0 Å². The van der Waals surface area contributed by atoms with E-state index in [4.69, 9.17) is 8.94 Å². The highest BCUT2D eigenvalue weighted by Gasteiger charge is 2.17. The second-order valence-electron chi connectivity index (χ2n) is 5.49. The molecular formula is C15H23N3O2. The first-order chi connectivity index (χ1) is 9.60. The van der Waals surface area contributed by atoms with E-state index < -0.39 is 0 Å². The van der Waals surface area contributed by atoms with E-state index in [0.29, 0.717) is 23.7 Å². The Morgan fingerprint density at radius 2 is 2.15 bits per heavy atom. The fraction of sp³-hybridized carbons (Fsp3) is 0.600. The lowest BCUT2D eigenvalue weighted by Gasteiger charge is -2.17. The van der Waals surface area contributed by atoms with Gasteiger partial charge in [0.1, 0.15) is 5.76 Å². The molecule has 2 heterocycles. The molecule has 0 aliphatic rings. The molecule has 0 aliphatic heterocycles. The predicted molar refractivity (Wildman–Crippen MR) is 77.4 cm³/mol. The number of aryl methyl sites for hydroxylation is 1. The zero-order chi connectivity index (χ0) is 14.5. The first-order valence-corrected chi connectivity index (χ1v) is 7.20. The Hall–Kier alpha value is -1.62. The highest BCUT2D eigenvalue weighted by atomic mass is 16.5. The third kappa shape index (κ3) is 3.70. The van der Waals surface area contributed by atoms with Gasteiger partial charge in [-0.3, -0.25) is 0 Å². The summed E-state index contributed by atoms with van der Waals surface area (Å²) in [5, 5.41) is 7.51. The molecule has 110 valence electrons. The van der Waals surface area contributed by atoms with Crippen molar-refractivity contribution in [3.63, 3.8) is 0 Å². The molecule has 5 nitrogen and oxygen atoms in total. The summed E-state index contributed by atoms with van der Waals surface area (Å²) in [4.78, 5) is 4.47. The minimum atomic E-state index is 0.374. The van der Waals surface area contributed by atoms with Gasteiger partial charge in [-0.2, -0.15) is 4.98 Å². The maximum absolute atomic E-state index is 5.36. The molecule has 1 atom stereocenters. The van der Waals surface area contributed by atoms with Crippen LogP contribution in [0.3, 0.4) is 0 Å². The van der Waals surface area contributed by atoms with Crippen molar-refractivity contribution >= 4 is 0 Å². The fourth-order valence-corrected chi connectivity index (χ4v) is 2.37. The first kappa shape index (κ1) is 14.8. The van der Waals surface area contributed by atoms with Crippen LogP contribution < -0.4 is 5.32 Å². The van der Waals surface area contributed by atoms with Crippen LogP contribution in [0.4, 0.5) is 0 Å². The van der Waals surface area contributed by atoms with Crippen LogP contribution in [-0.4, -0.2) is 22.7 Å². The van der Waals surface area contributed by atoms with E-state index >= 15 is 0 Å². The summed E-state index contributed by atoms with van der Waals surface area (Å²) < 4.78 is 10.6. The average molecular weight is 277 g/mol. The van der Waals surface area contributed by atoms with Gasteiger partial charge in [-0.15, -0.1) is 0 Å². The number of hydrogen-bond donors (Lipinski definition) is 1. The molecule has 5 heteroatoms. The highest BCUT2D eigenvalue weighted by molar-refractivity contribution is 5.56.